The lowest BCUT2D eigenvalue weighted by Gasteiger charge is -2.09. The van der Waals surface area contributed by atoms with Crippen LogP contribution >= 0.6 is 0 Å². The van der Waals surface area contributed by atoms with E-state index < -0.39 is 10.8 Å². The second-order valence-corrected chi connectivity index (χ2v) is 4.14. The van der Waals surface area contributed by atoms with Crippen LogP contribution in [0.5, 0.6) is 5.75 Å². The summed E-state index contributed by atoms with van der Waals surface area (Å²) < 4.78 is 5.13. The molecule has 0 saturated carbocycles. The van der Waals surface area contributed by atoms with E-state index in [9.17, 15) is 14.9 Å². The Labute approximate surface area is 119 Å². The molecule has 0 heterocycles. The first-order valence-corrected chi connectivity index (χ1v) is 5.94. The van der Waals surface area contributed by atoms with E-state index in [2.05, 4.69) is 0 Å². The van der Waals surface area contributed by atoms with Crippen molar-refractivity contribution in [2.24, 2.45) is 0 Å². The number of para-hydroxylation sites is 1. The van der Waals surface area contributed by atoms with Crippen LogP contribution in [-0.2, 0) is 0 Å². The summed E-state index contributed by atoms with van der Waals surface area (Å²) in [4.78, 5) is 21.9. The molecule has 0 aliphatic rings. The van der Waals surface area contributed by atoms with E-state index in [1.54, 1.807) is 18.2 Å². The van der Waals surface area contributed by atoms with Gasteiger partial charge in [0, 0.05) is 17.2 Å². The summed E-state index contributed by atoms with van der Waals surface area (Å²) in [6.07, 6.45) is 0. The zero-order valence-corrected chi connectivity index (χ0v) is 11.1. The molecule has 108 valence electrons. The summed E-state index contributed by atoms with van der Waals surface area (Å²) in [6.45, 7) is 0. The van der Waals surface area contributed by atoms with Crippen molar-refractivity contribution < 1.29 is 19.7 Å². The molecule has 0 unspecified atom stereocenters. The smallest absolute Gasteiger partial charge is 0.311 e. The monoisotopic (exact) mass is 288 g/mol. The molecule has 21 heavy (non-hydrogen) atoms. The maximum absolute atomic E-state index is 11.4. The van der Waals surface area contributed by atoms with Crippen molar-refractivity contribution in [3.8, 4) is 16.9 Å². The molecule has 0 bridgehead atoms. The number of nitrogens with one attached hydrogen (secondary N) is 1. The fourth-order valence-corrected chi connectivity index (χ4v) is 2.00. The Morgan fingerprint density at radius 2 is 2.00 bits per heavy atom. The van der Waals surface area contributed by atoms with Gasteiger partial charge in [0.15, 0.2) is 0 Å². The molecule has 2 aromatic carbocycles. The largest absolute Gasteiger partial charge is 0.490 e. The van der Waals surface area contributed by atoms with Crippen LogP contribution in [0.1, 0.15) is 10.4 Å². The van der Waals surface area contributed by atoms with Gasteiger partial charge in [0.05, 0.1) is 12.0 Å². The highest BCUT2D eigenvalue weighted by Gasteiger charge is 2.19. The zero-order chi connectivity index (χ0) is 15.4. The summed E-state index contributed by atoms with van der Waals surface area (Å²) in [5.41, 5.74) is 2.66. The molecule has 0 atom stereocenters. The molecule has 0 spiro atoms. The van der Waals surface area contributed by atoms with Crippen LogP contribution in [0, 0.1) is 10.1 Å². The summed E-state index contributed by atoms with van der Waals surface area (Å²) in [5, 5.41) is 19.7. The van der Waals surface area contributed by atoms with Crippen molar-refractivity contribution in [2.75, 3.05) is 7.11 Å². The minimum absolute atomic E-state index is 0.115. The number of hydrogen-bond acceptors (Lipinski definition) is 5. The maximum atomic E-state index is 11.4. The van der Waals surface area contributed by atoms with Crippen molar-refractivity contribution >= 4 is 11.6 Å². The third kappa shape index (κ3) is 2.82. The molecule has 0 radical (unpaired) electrons. The van der Waals surface area contributed by atoms with Gasteiger partial charge in [0.1, 0.15) is 0 Å². The van der Waals surface area contributed by atoms with Crippen molar-refractivity contribution in [3.63, 3.8) is 0 Å². The van der Waals surface area contributed by atoms with Crippen LogP contribution in [0.15, 0.2) is 42.5 Å². The van der Waals surface area contributed by atoms with Crippen LogP contribution in [-0.4, -0.2) is 23.1 Å². The Morgan fingerprint density at radius 1 is 1.29 bits per heavy atom. The summed E-state index contributed by atoms with van der Waals surface area (Å²) >= 11 is 0. The number of amides is 1. The summed E-state index contributed by atoms with van der Waals surface area (Å²) in [5.74, 6) is -0.551. The standard InChI is InChI=1S/C14H12N2O5/c1-21-13-11(6-3-7-12(13)16(19)20)9-4-2-5-10(8-9)14(17)15-18/h2-8,18H,1H3,(H,15,17). The van der Waals surface area contributed by atoms with Crippen LogP contribution in [0.25, 0.3) is 11.1 Å². The predicted octanol–water partition coefficient (Wildman–Crippen LogP) is 2.39. The van der Waals surface area contributed by atoms with Gasteiger partial charge in [-0.1, -0.05) is 24.3 Å². The quantitative estimate of drug-likeness (QED) is 0.511. The van der Waals surface area contributed by atoms with E-state index >= 15 is 0 Å². The van der Waals surface area contributed by atoms with E-state index in [1.165, 1.54) is 36.9 Å². The van der Waals surface area contributed by atoms with E-state index in [4.69, 9.17) is 9.94 Å². The number of nitrogens with zero attached hydrogens (tertiary/aromatic N) is 1. The van der Waals surface area contributed by atoms with Crippen LogP contribution in [0.4, 0.5) is 5.69 Å². The van der Waals surface area contributed by atoms with Gasteiger partial charge in [-0.15, -0.1) is 0 Å². The Kier molecular flexibility index (Phi) is 4.15. The topological polar surface area (TPSA) is 102 Å². The molecule has 7 heteroatoms. The molecule has 2 aromatic rings. The lowest BCUT2D eigenvalue weighted by Crippen LogP contribution is -2.18. The average Bonchev–Trinajstić information content (AvgIpc) is 2.53. The van der Waals surface area contributed by atoms with Gasteiger partial charge >= 0.3 is 5.69 Å². The van der Waals surface area contributed by atoms with Gasteiger partial charge in [-0.05, 0) is 17.7 Å². The molecular formula is C14H12N2O5. The number of hydrogen-bond donors (Lipinski definition) is 2. The Bertz CT molecular complexity index is 700. The first-order chi connectivity index (χ1) is 10.1. The van der Waals surface area contributed by atoms with Gasteiger partial charge in [-0.2, -0.15) is 0 Å². The Hall–Kier alpha value is -2.93. The van der Waals surface area contributed by atoms with E-state index in [1.807, 2.05) is 0 Å². The number of hydroxylamine groups is 1. The highest BCUT2D eigenvalue weighted by atomic mass is 16.6. The SMILES string of the molecule is COc1c(-c2cccc(C(=O)NO)c2)cccc1[N+](=O)[O-]. The normalized spacial score (nSPS) is 10.0. The number of carbonyl (C=O) groups is 1. The van der Waals surface area contributed by atoms with Crippen LogP contribution in [0.2, 0.25) is 0 Å². The third-order valence-electron chi connectivity index (χ3n) is 2.93. The van der Waals surface area contributed by atoms with Crippen molar-refractivity contribution in [3.05, 3.63) is 58.1 Å². The maximum Gasteiger partial charge on any atom is 0.311 e. The highest BCUT2D eigenvalue weighted by molar-refractivity contribution is 5.95. The van der Waals surface area contributed by atoms with Gasteiger partial charge in [0.25, 0.3) is 5.91 Å². The number of benzene rings is 2. The second kappa shape index (κ2) is 6.02. The number of ether oxygens (including phenoxy) is 1. The number of methoxy groups -OCH3 is 1. The lowest BCUT2D eigenvalue weighted by molar-refractivity contribution is -0.385. The van der Waals surface area contributed by atoms with E-state index in [-0.39, 0.29) is 17.0 Å². The third-order valence-corrected chi connectivity index (χ3v) is 2.93. The van der Waals surface area contributed by atoms with Gasteiger partial charge in [0.2, 0.25) is 5.75 Å². The van der Waals surface area contributed by atoms with E-state index in [0.717, 1.165) is 0 Å². The average molecular weight is 288 g/mol. The van der Waals surface area contributed by atoms with Gasteiger partial charge in [-0.25, -0.2) is 5.48 Å². The molecule has 0 fully saturated rings. The summed E-state index contributed by atoms with van der Waals surface area (Å²) in [7, 11) is 1.34. The van der Waals surface area contributed by atoms with Crippen molar-refractivity contribution in [2.45, 2.75) is 0 Å². The fraction of sp³-hybridized carbons (Fsp3) is 0.0714. The van der Waals surface area contributed by atoms with Crippen LogP contribution in [0.3, 0.4) is 0 Å². The molecule has 0 aliphatic carbocycles. The predicted molar refractivity (Wildman–Crippen MR) is 74.3 cm³/mol. The van der Waals surface area contributed by atoms with Crippen molar-refractivity contribution in [1.29, 1.82) is 0 Å². The Balaban J connectivity index is 2.59. The van der Waals surface area contributed by atoms with Gasteiger partial charge < -0.3 is 4.74 Å². The molecule has 0 aromatic heterocycles. The fourth-order valence-electron chi connectivity index (χ4n) is 2.00. The van der Waals surface area contributed by atoms with E-state index in [0.29, 0.717) is 11.1 Å². The number of rotatable bonds is 4. The Morgan fingerprint density at radius 3 is 2.62 bits per heavy atom. The molecule has 0 saturated heterocycles. The van der Waals surface area contributed by atoms with Gasteiger partial charge in [-0.3, -0.25) is 20.1 Å². The molecule has 0 aliphatic heterocycles. The molecule has 2 N–H and O–H groups in total. The summed E-state index contributed by atoms with van der Waals surface area (Å²) in [6, 6.07) is 10.9. The number of nitro groups is 1. The molecular weight excluding hydrogens is 276 g/mol. The zero-order valence-electron chi connectivity index (χ0n) is 11.1. The second-order valence-electron chi connectivity index (χ2n) is 4.14. The minimum atomic E-state index is -0.666. The first-order valence-electron chi connectivity index (χ1n) is 5.94. The number of nitro benzene ring substituents is 1. The van der Waals surface area contributed by atoms with Crippen LogP contribution < -0.4 is 10.2 Å². The highest BCUT2D eigenvalue weighted by Crippen LogP contribution is 2.37. The minimum Gasteiger partial charge on any atom is -0.490 e. The number of carbonyl (C=O) groups excluding carboxylic acids is 1. The first kappa shape index (κ1) is 14.5. The molecule has 7 nitrogen and oxygen atoms in total. The van der Waals surface area contributed by atoms with Crippen molar-refractivity contribution in [1.82, 2.24) is 5.48 Å². The lowest BCUT2D eigenvalue weighted by atomic mass is 10.0. The molecule has 2 rings (SSSR count). The molecule has 1 amide bonds.